The molecule has 2 aliphatic rings. The summed E-state index contributed by atoms with van der Waals surface area (Å²) in [6.07, 6.45) is 5.27. The van der Waals surface area contributed by atoms with Gasteiger partial charge in [0, 0.05) is 22.0 Å². The van der Waals surface area contributed by atoms with Gasteiger partial charge in [0.2, 0.25) is 0 Å². The molecule has 5 nitrogen and oxygen atoms in total. The summed E-state index contributed by atoms with van der Waals surface area (Å²) in [6, 6.07) is 11.1. The summed E-state index contributed by atoms with van der Waals surface area (Å²) in [5.74, 6) is 1.26. The predicted molar refractivity (Wildman–Crippen MR) is 100 cm³/mol. The second kappa shape index (κ2) is 6.19. The number of rotatable bonds is 3. The van der Waals surface area contributed by atoms with Gasteiger partial charge in [-0.25, -0.2) is 0 Å². The van der Waals surface area contributed by atoms with Crippen molar-refractivity contribution in [1.29, 1.82) is 0 Å². The van der Waals surface area contributed by atoms with Crippen LogP contribution in [0.25, 0.3) is 0 Å². The van der Waals surface area contributed by atoms with Crippen molar-refractivity contribution in [3.05, 3.63) is 74.3 Å². The minimum Gasteiger partial charge on any atom is -0.496 e. The van der Waals surface area contributed by atoms with Crippen LogP contribution >= 0.6 is 15.9 Å². The quantitative estimate of drug-likeness (QED) is 0.437. The molecule has 1 aliphatic carbocycles. The van der Waals surface area contributed by atoms with Crippen molar-refractivity contribution >= 4 is 27.3 Å². The van der Waals surface area contributed by atoms with Crippen molar-refractivity contribution in [2.45, 2.75) is 18.4 Å². The van der Waals surface area contributed by atoms with E-state index in [-0.39, 0.29) is 22.6 Å². The van der Waals surface area contributed by atoms with Crippen molar-refractivity contribution in [1.82, 2.24) is 0 Å². The van der Waals surface area contributed by atoms with E-state index in [1.165, 1.54) is 0 Å². The number of ether oxygens (including phenoxy) is 1. The van der Waals surface area contributed by atoms with Crippen molar-refractivity contribution in [3.63, 3.8) is 0 Å². The highest BCUT2D eigenvalue weighted by Gasteiger charge is 2.41. The molecule has 0 radical (unpaired) electrons. The summed E-state index contributed by atoms with van der Waals surface area (Å²) in [5.41, 5.74) is 2.75. The Morgan fingerprint density at radius 1 is 1.28 bits per heavy atom. The number of nitro groups is 1. The molecule has 2 aromatic rings. The van der Waals surface area contributed by atoms with Gasteiger partial charge < -0.3 is 10.1 Å². The first-order valence-corrected chi connectivity index (χ1v) is 8.93. The van der Waals surface area contributed by atoms with Crippen LogP contribution in [0.3, 0.4) is 0 Å². The molecule has 0 saturated carbocycles. The fourth-order valence-corrected chi connectivity index (χ4v) is 4.39. The third-order valence-electron chi connectivity index (χ3n) is 5.10. The Balaban J connectivity index is 1.87. The number of allylic oxidation sites excluding steroid dienone is 2. The molecule has 0 spiro atoms. The van der Waals surface area contributed by atoms with Gasteiger partial charge in [-0.1, -0.05) is 40.2 Å². The lowest BCUT2D eigenvalue weighted by molar-refractivity contribution is -0.384. The second-order valence-corrected chi connectivity index (χ2v) is 7.28. The maximum atomic E-state index is 11.5. The minimum absolute atomic E-state index is 0.0546. The lowest BCUT2D eigenvalue weighted by atomic mass is 9.76. The van der Waals surface area contributed by atoms with E-state index in [0.29, 0.717) is 11.6 Å². The molecule has 0 aromatic heterocycles. The average Bonchev–Trinajstić information content (AvgIpc) is 3.10. The number of nitrogens with zero attached hydrogens (tertiary/aromatic N) is 1. The number of hydrogen-bond donors (Lipinski definition) is 1. The van der Waals surface area contributed by atoms with Gasteiger partial charge in [-0.15, -0.1) is 0 Å². The first-order valence-electron chi connectivity index (χ1n) is 8.14. The summed E-state index contributed by atoms with van der Waals surface area (Å²) < 4.78 is 6.51. The number of anilines is 1. The highest BCUT2D eigenvalue weighted by molar-refractivity contribution is 9.10. The van der Waals surface area contributed by atoms with E-state index in [1.807, 2.05) is 24.3 Å². The number of nitro benzene ring substituents is 1. The van der Waals surface area contributed by atoms with Gasteiger partial charge in [-0.2, -0.15) is 0 Å². The third kappa shape index (κ3) is 2.61. The van der Waals surface area contributed by atoms with Gasteiger partial charge >= 0.3 is 0 Å². The zero-order valence-electron chi connectivity index (χ0n) is 13.6. The van der Waals surface area contributed by atoms with Crippen LogP contribution in [0.1, 0.15) is 29.5 Å². The standard InChI is InChI=1S/C19H17BrN2O3/c1-25-17-9-8-11(20)10-15(17)18-13-5-2-4-12(13)14-6-3-7-16(22(23)24)19(14)21-18/h2-4,6-10,12-13,18,21H,5H2,1H3/t12-,13+,18+/m0/s1. The number of hydrogen-bond acceptors (Lipinski definition) is 4. The fourth-order valence-electron chi connectivity index (χ4n) is 4.01. The maximum Gasteiger partial charge on any atom is 0.292 e. The third-order valence-corrected chi connectivity index (χ3v) is 5.59. The molecule has 4 rings (SSSR count). The maximum absolute atomic E-state index is 11.5. The Hall–Kier alpha value is -2.34. The molecule has 128 valence electrons. The zero-order valence-corrected chi connectivity index (χ0v) is 15.2. The summed E-state index contributed by atoms with van der Waals surface area (Å²) in [7, 11) is 1.65. The van der Waals surface area contributed by atoms with Crippen LogP contribution in [0.5, 0.6) is 5.75 Å². The molecule has 6 heteroatoms. The van der Waals surface area contributed by atoms with E-state index in [1.54, 1.807) is 19.2 Å². The first-order chi connectivity index (χ1) is 12.1. The number of halogens is 1. The Morgan fingerprint density at radius 2 is 2.12 bits per heavy atom. The number of nitrogens with one attached hydrogen (secondary N) is 1. The van der Waals surface area contributed by atoms with Crippen molar-refractivity contribution in [2.75, 3.05) is 12.4 Å². The van der Waals surface area contributed by atoms with Crippen molar-refractivity contribution in [3.8, 4) is 5.75 Å². The van der Waals surface area contributed by atoms with Crippen LogP contribution in [0.15, 0.2) is 53.0 Å². The molecule has 0 unspecified atom stereocenters. The number of fused-ring (bicyclic) bond motifs is 3. The molecule has 0 fully saturated rings. The summed E-state index contributed by atoms with van der Waals surface area (Å²) in [6.45, 7) is 0. The Labute approximate surface area is 154 Å². The SMILES string of the molecule is COc1ccc(Br)cc1[C@@H]1Nc2c(cccc2[N+](=O)[O-])[C@H]2C=CC[C@H]21. The van der Waals surface area contributed by atoms with E-state index in [9.17, 15) is 10.1 Å². The van der Waals surface area contributed by atoms with Gasteiger partial charge in [0.05, 0.1) is 18.1 Å². The van der Waals surface area contributed by atoms with E-state index in [2.05, 4.69) is 33.4 Å². The van der Waals surface area contributed by atoms with E-state index in [0.717, 1.165) is 27.8 Å². The molecule has 1 aliphatic heterocycles. The average molecular weight is 401 g/mol. The summed E-state index contributed by atoms with van der Waals surface area (Å²) >= 11 is 3.53. The molecule has 1 N–H and O–H groups in total. The zero-order chi connectivity index (χ0) is 17.6. The van der Waals surface area contributed by atoms with E-state index >= 15 is 0 Å². The number of benzene rings is 2. The molecule has 1 heterocycles. The first kappa shape index (κ1) is 16.1. The van der Waals surface area contributed by atoms with Gasteiger partial charge in [0.15, 0.2) is 0 Å². The fraction of sp³-hybridized carbons (Fsp3) is 0.263. The number of methoxy groups -OCH3 is 1. The van der Waals surface area contributed by atoms with E-state index < -0.39 is 0 Å². The molecular formula is C19H17BrN2O3. The van der Waals surface area contributed by atoms with E-state index in [4.69, 9.17) is 4.74 Å². The van der Waals surface area contributed by atoms with Gasteiger partial charge in [-0.3, -0.25) is 10.1 Å². The smallest absolute Gasteiger partial charge is 0.292 e. The normalized spacial score (nSPS) is 23.5. The highest BCUT2D eigenvalue weighted by Crippen LogP contribution is 2.53. The largest absolute Gasteiger partial charge is 0.496 e. The van der Waals surface area contributed by atoms with Crippen molar-refractivity contribution < 1.29 is 9.66 Å². The lowest BCUT2D eigenvalue weighted by Crippen LogP contribution is -2.29. The monoisotopic (exact) mass is 400 g/mol. The molecule has 2 aromatic carbocycles. The second-order valence-electron chi connectivity index (χ2n) is 6.36. The molecule has 0 saturated heterocycles. The lowest BCUT2D eigenvalue weighted by Gasteiger charge is -2.37. The topological polar surface area (TPSA) is 64.4 Å². The van der Waals surface area contributed by atoms with Crippen LogP contribution in [0.4, 0.5) is 11.4 Å². The van der Waals surface area contributed by atoms with Crippen LogP contribution in [0.2, 0.25) is 0 Å². The Morgan fingerprint density at radius 3 is 2.88 bits per heavy atom. The molecule has 0 bridgehead atoms. The predicted octanol–water partition coefficient (Wildman–Crippen LogP) is 5.19. The van der Waals surface area contributed by atoms with Crippen LogP contribution in [0, 0.1) is 16.0 Å². The Kier molecular flexibility index (Phi) is 4.00. The molecule has 0 amide bonds. The summed E-state index contributed by atoms with van der Waals surface area (Å²) in [5, 5.41) is 15.0. The van der Waals surface area contributed by atoms with Crippen LogP contribution in [-0.4, -0.2) is 12.0 Å². The summed E-state index contributed by atoms with van der Waals surface area (Å²) in [4.78, 5) is 11.2. The molecule has 25 heavy (non-hydrogen) atoms. The van der Waals surface area contributed by atoms with Gasteiger partial charge in [0.1, 0.15) is 11.4 Å². The van der Waals surface area contributed by atoms with Gasteiger partial charge in [0.25, 0.3) is 5.69 Å². The van der Waals surface area contributed by atoms with Crippen molar-refractivity contribution in [2.24, 2.45) is 5.92 Å². The van der Waals surface area contributed by atoms with Crippen LogP contribution in [-0.2, 0) is 0 Å². The van der Waals surface area contributed by atoms with Crippen LogP contribution < -0.4 is 10.1 Å². The minimum atomic E-state index is -0.319. The Bertz CT molecular complexity index is 881. The number of para-hydroxylation sites is 1. The molecule has 3 atom stereocenters. The van der Waals surface area contributed by atoms with Gasteiger partial charge in [-0.05, 0) is 36.1 Å². The highest BCUT2D eigenvalue weighted by atomic mass is 79.9. The molecular weight excluding hydrogens is 384 g/mol.